The summed E-state index contributed by atoms with van der Waals surface area (Å²) in [5.74, 6) is 2.98. The molecule has 0 spiro atoms. The summed E-state index contributed by atoms with van der Waals surface area (Å²) in [6, 6.07) is 10.9. The van der Waals surface area contributed by atoms with Gasteiger partial charge in [-0.1, -0.05) is 43.2 Å². The van der Waals surface area contributed by atoms with Gasteiger partial charge in [-0.15, -0.1) is 10.2 Å². The fraction of sp³-hybridized carbons (Fsp3) is 0.571. The monoisotopic (exact) mass is 366 g/mol. The summed E-state index contributed by atoms with van der Waals surface area (Å²) >= 11 is 0. The molecule has 1 aromatic carbocycles. The molecule has 0 unspecified atom stereocenters. The predicted molar refractivity (Wildman–Crippen MR) is 108 cm³/mol. The molecular weight excluding hydrogens is 336 g/mol. The Kier molecular flexibility index (Phi) is 5.41. The van der Waals surface area contributed by atoms with Crippen LogP contribution < -0.4 is 10.6 Å². The second-order valence-electron chi connectivity index (χ2n) is 7.77. The minimum atomic E-state index is 0.241. The van der Waals surface area contributed by atoms with Crippen molar-refractivity contribution in [2.45, 2.75) is 63.5 Å². The molecule has 0 saturated heterocycles. The Morgan fingerprint density at radius 1 is 1.07 bits per heavy atom. The Morgan fingerprint density at radius 2 is 1.93 bits per heavy atom. The van der Waals surface area contributed by atoms with E-state index in [2.05, 4.69) is 60.7 Å². The van der Waals surface area contributed by atoms with E-state index in [4.69, 9.17) is 0 Å². The number of aryl methyl sites for hydroxylation is 1. The molecule has 27 heavy (non-hydrogen) atoms. The molecule has 1 fully saturated rings. The average Bonchev–Trinajstić information content (AvgIpc) is 2.90. The van der Waals surface area contributed by atoms with Crippen LogP contribution in [0.15, 0.2) is 35.3 Å². The summed E-state index contributed by atoms with van der Waals surface area (Å²) in [5, 5.41) is 15.8. The highest BCUT2D eigenvalue weighted by molar-refractivity contribution is 5.79. The van der Waals surface area contributed by atoms with Crippen molar-refractivity contribution in [1.29, 1.82) is 0 Å². The largest absolute Gasteiger partial charge is 0.356 e. The van der Waals surface area contributed by atoms with Gasteiger partial charge in [-0.2, -0.15) is 0 Å². The van der Waals surface area contributed by atoms with Crippen LogP contribution in [0.4, 0.5) is 0 Å². The maximum Gasteiger partial charge on any atom is 0.191 e. The molecule has 2 N–H and O–H groups in total. The summed E-state index contributed by atoms with van der Waals surface area (Å²) < 4.78 is 2.28. The highest BCUT2D eigenvalue weighted by atomic mass is 15.3. The van der Waals surface area contributed by atoms with E-state index in [-0.39, 0.29) is 5.41 Å². The Bertz CT molecular complexity index is 775. The van der Waals surface area contributed by atoms with Crippen LogP contribution in [0.3, 0.4) is 0 Å². The van der Waals surface area contributed by atoms with E-state index in [0.29, 0.717) is 6.54 Å². The number of aromatic nitrogens is 3. The van der Waals surface area contributed by atoms with Gasteiger partial charge in [-0.25, -0.2) is 0 Å². The van der Waals surface area contributed by atoms with Crippen molar-refractivity contribution in [1.82, 2.24) is 25.4 Å². The first kappa shape index (κ1) is 18.0. The van der Waals surface area contributed by atoms with Gasteiger partial charge in [-0.05, 0) is 31.2 Å². The van der Waals surface area contributed by atoms with E-state index in [1.165, 1.54) is 44.1 Å². The summed E-state index contributed by atoms with van der Waals surface area (Å²) in [4.78, 5) is 4.41. The van der Waals surface area contributed by atoms with E-state index in [1.54, 1.807) is 0 Å². The Morgan fingerprint density at radius 3 is 2.67 bits per heavy atom. The fourth-order valence-corrected chi connectivity index (χ4v) is 4.28. The van der Waals surface area contributed by atoms with Crippen molar-refractivity contribution in [2.24, 2.45) is 4.99 Å². The van der Waals surface area contributed by atoms with Crippen LogP contribution in [0.25, 0.3) is 0 Å². The summed E-state index contributed by atoms with van der Waals surface area (Å²) in [5.41, 5.74) is 1.67. The Labute approximate surface area is 161 Å². The number of nitrogens with zero attached hydrogens (tertiary/aromatic N) is 4. The molecule has 0 atom stereocenters. The fourth-order valence-electron chi connectivity index (χ4n) is 4.28. The molecule has 2 aromatic rings. The first-order chi connectivity index (χ1) is 13.3. The summed E-state index contributed by atoms with van der Waals surface area (Å²) in [6.45, 7) is 2.60. The molecule has 2 heterocycles. The number of aliphatic imine (C=N–C) groups is 1. The van der Waals surface area contributed by atoms with Crippen LogP contribution in [-0.4, -0.2) is 34.3 Å². The number of rotatable bonds is 5. The topological polar surface area (TPSA) is 67.1 Å². The summed E-state index contributed by atoms with van der Waals surface area (Å²) in [6.07, 6.45) is 8.52. The van der Waals surface area contributed by atoms with Gasteiger partial charge in [0.05, 0.1) is 6.54 Å². The molecule has 4 rings (SSSR count). The lowest BCUT2D eigenvalue weighted by Gasteiger charge is -2.43. The molecule has 6 nitrogen and oxygen atoms in total. The second kappa shape index (κ2) is 8.11. The lowest BCUT2D eigenvalue weighted by molar-refractivity contribution is 0.244. The number of hydrogen-bond acceptors (Lipinski definition) is 3. The molecule has 1 aliphatic heterocycles. The quantitative estimate of drug-likeness (QED) is 0.631. The first-order valence-corrected chi connectivity index (χ1v) is 10.2. The number of hydrogen-bond donors (Lipinski definition) is 2. The van der Waals surface area contributed by atoms with Crippen molar-refractivity contribution >= 4 is 5.96 Å². The number of nitrogens with one attached hydrogen (secondary N) is 2. The van der Waals surface area contributed by atoms with Crippen molar-refractivity contribution in [2.75, 3.05) is 13.6 Å². The zero-order chi connectivity index (χ0) is 18.5. The van der Waals surface area contributed by atoms with E-state index < -0.39 is 0 Å². The summed E-state index contributed by atoms with van der Waals surface area (Å²) in [7, 11) is 1.83. The van der Waals surface area contributed by atoms with Crippen molar-refractivity contribution in [3.8, 4) is 0 Å². The third-order valence-corrected chi connectivity index (χ3v) is 6.11. The third-order valence-electron chi connectivity index (χ3n) is 6.11. The molecule has 1 aromatic heterocycles. The average molecular weight is 367 g/mol. The number of benzene rings is 1. The Hall–Kier alpha value is -2.37. The molecule has 0 amide bonds. The van der Waals surface area contributed by atoms with Crippen LogP contribution in [0, 0.1) is 0 Å². The molecular formula is C21H30N6. The smallest absolute Gasteiger partial charge is 0.191 e. The van der Waals surface area contributed by atoms with Crippen LogP contribution >= 0.6 is 0 Å². The predicted octanol–water partition coefficient (Wildman–Crippen LogP) is 2.79. The van der Waals surface area contributed by atoms with E-state index in [0.717, 1.165) is 37.1 Å². The maximum atomic E-state index is 4.41. The van der Waals surface area contributed by atoms with Gasteiger partial charge in [-0.3, -0.25) is 4.99 Å². The number of guanidine groups is 1. The molecule has 144 valence electrons. The van der Waals surface area contributed by atoms with Crippen LogP contribution in [0.5, 0.6) is 0 Å². The lowest BCUT2D eigenvalue weighted by atomic mass is 9.64. The zero-order valence-corrected chi connectivity index (χ0v) is 16.2. The second-order valence-corrected chi connectivity index (χ2v) is 7.77. The van der Waals surface area contributed by atoms with Crippen LogP contribution in [-0.2, 0) is 24.9 Å². The van der Waals surface area contributed by atoms with Gasteiger partial charge in [0.15, 0.2) is 11.8 Å². The van der Waals surface area contributed by atoms with Crippen molar-refractivity contribution < 1.29 is 0 Å². The number of fused-ring (bicyclic) bond motifs is 1. The normalized spacial score (nSPS) is 18.9. The minimum Gasteiger partial charge on any atom is -0.356 e. The highest BCUT2D eigenvalue weighted by Gasteiger charge is 2.38. The van der Waals surface area contributed by atoms with Gasteiger partial charge >= 0.3 is 0 Å². The zero-order valence-electron chi connectivity index (χ0n) is 16.2. The molecule has 6 heteroatoms. The van der Waals surface area contributed by atoms with E-state index in [1.807, 2.05) is 7.05 Å². The standard InChI is InChI=1S/C21H30N6/c1-22-20(23-15-19-26-25-18-11-6-3-7-14-27(18)19)24-16-21(12-8-13-21)17-9-4-2-5-10-17/h2,4-5,9-10H,3,6-8,11-16H2,1H3,(H2,22,23,24). The van der Waals surface area contributed by atoms with Crippen LogP contribution in [0.1, 0.15) is 55.7 Å². The van der Waals surface area contributed by atoms with Gasteiger partial charge < -0.3 is 15.2 Å². The SMILES string of the molecule is CN=C(NCc1nnc2n1CCCCC2)NCC1(c2ccccc2)CCC1. The Balaban J connectivity index is 1.36. The lowest BCUT2D eigenvalue weighted by Crippen LogP contribution is -2.48. The van der Waals surface area contributed by atoms with Gasteiger partial charge in [0.2, 0.25) is 0 Å². The van der Waals surface area contributed by atoms with Gasteiger partial charge in [0, 0.05) is 32.0 Å². The van der Waals surface area contributed by atoms with Gasteiger partial charge in [0.25, 0.3) is 0 Å². The van der Waals surface area contributed by atoms with E-state index >= 15 is 0 Å². The molecule has 0 radical (unpaired) electrons. The molecule has 1 saturated carbocycles. The minimum absolute atomic E-state index is 0.241. The third kappa shape index (κ3) is 3.84. The molecule has 1 aliphatic carbocycles. The highest BCUT2D eigenvalue weighted by Crippen LogP contribution is 2.43. The van der Waals surface area contributed by atoms with E-state index in [9.17, 15) is 0 Å². The molecule has 2 aliphatic rings. The first-order valence-electron chi connectivity index (χ1n) is 10.2. The van der Waals surface area contributed by atoms with Gasteiger partial charge in [0.1, 0.15) is 5.82 Å². The maximum absolute atomic E-state index is 4.41. The van der Waals surface area contributed by atoms with Crippen LogP contribution in [0.2, 0.25) is 0 Å². The molecule has 0 bridgehead atoms. The van der Waals surface area contributed by atoms with Crippen molar-refractivity contribution in [3.63, 3.8) is 0 Å². The van der Waals surface area contributed by atoms with Crippen molar-refractivity contribution in [3.05, 3.63) is 47.5 Å².